The number of likely N-dealkylation sites (N-methyl/N-ethyl adjacent to an activating group) is 1. The molecule has 0 amide bonds. The maximum absolute atomic E-state index is 4.70. The van der Waals surface area contributed by atoms with Gasteiger partial charge >= 0.3 is 0 Å². The van der Waals surface area contributed by atoms with Crippen LogP contribution < -0.4 is 10.2 Å². The Morgan fingerprint density at radius 2 is 1.62 bits per heavy atom. The molecule has 1 saturated heterocycles. The summed E-state index contributed by atoms with van der Waals surface area (Å²) in [6.07, 6.45) is 5.75. The van der Waals surface area contributed by atoms with Crippen LogP contribution in [0.25, 0.3) is 44.5 Å². The summed E-state index contributed by atoms with van der Waals surface area (Å²) in [4.78, 5) is 17.5. The number of rotatable bonds is 7. The van der Waals surface area contributed by atoms with Crippen LogP contribution in [0.1, 0.15) is 25.0 Å². The molecule has 214 valence electrons. The standard InChI is InChI=1S/C32H32N8.C2H6/c1-39-11-13-40(14-12-39)30-9-10-35-32-27(30)17-29(36-32)31-26-16-24(7-8-28(26)37-38-31)25-15-23(20-34-21-25)19-33-18-22-5-3-2-4-6-22;1-2/h2-10,15-17,20-21,33H,11-14,18-19H2,1H3,(H,35,36)(H,37,38);1-2H3. The highest BCUT2D eigenvalue weighted by Gasteiger charge is 2.19. The summed E-state index contributed by atoms with van der Waals surface area (Å²) in [6.45, 7) is 9.73. The first-order valence-corrected chi connectivity index (χ1v) is 14.8. The Morgan fingerprint density at radius 3 is 2.45 bits per heavy atom. The van der Waals surface area contributed by atoms with Crippen molar-refractivity contribution in [3.8, 4) is 22.5 Å². The number of anilines is 1. The van der Waals surface area contributed by atoms with Crippen molar-refractivity contribution in [3.63, 3.8) is 0 Å². The van der Waals surface area contributed by atoms with Gasteiger partial charge in [0.15, 0.2) is 0 Å². The van der Waals surface area contributed by atoms with E-state index >= 15 is 0 Å². The Balaban J connectivity index is 0.00000155. The minimum atomic E-state index is 0.757. The highest BCUT2D eigenvalue weighted by atomic mass is 15.2. The molecular formula is C34H38N8. The van der Waals surface area contributed by atoms with Crippen LogP contribution in [0.15, 0.2) is 85.3 Å². The molecule has 42 heavy (non-hydrogen) atoms. The lowest BCUT2D eigenvalue weighted by atomic mass is 10.0. The number of fused-ring (bicyclic) bond motifs is 2. The third kappa shape index (κ3) is 5.77. The summed E-state index contributed by atoms with van der Waals surface area (Å²) in [7, 11) is 2.18. The zero-order valence-corrected chi connectivity index (χ0v) is 24.6. The minimum absolute atomic E-state index is 0.757. The van der Waals surface area contributed by atoms with E-state index in [0.717, 1.165) is 89.3 Å². The molecule has 0 bridgehead atoms. The quantitative estimate of drug-likeness (QED) is 0.215. The van der Waals surface area contributed by atoms with Crippen molar-refractivity contribution in [2.24, 2.45) is 0 Å². The van der Waals surface area contributed by atoms with E-state index in [1.54, 1.807) is 0 Å². The number of piperazine rings is 1. The van der Waals surface area contributed by atoms with Gasteiger partial charge in [0.2, 0.25) is 0 Å². The summed E-state index contributed by atoms with van der Waals surface area (Å²) < 4.78 is 0. The van der Waals surface area contributed by atoms with Gasteiger partial charge in [0, 0.05) is 79.9 Å². The van der Waals surface area contributed by atoms with Crippen molar-refractivity contribution in [1.82, 2.24) is 35.4 Å². The maximum atomic E-state index is 4.70. The van der Waals surface area contributed by atoms with Crippen molar-refractivity contribution < 1.29 is 0 Å². The van der Waals surface area contributed by atoms with E-state index < -0.39 is 0 Å². The first kappa shape index (κ1) is 27.6. The zero-order chi connectivity index (χ0) is 28.9. The predicted molar refractivity (Wildman–Crippen MR) is 172 cm³/mol. The van der Waals surface area contributed by atoms with Gasteiger partial charge in [-0.2, -0.15) is 5.10 Å². The van der Waals surface area contributed by atoms with Gasteiger partial charge in [-0.15, -0.1) is 0 Å². The molecular weight excluding hydrogens is 520 g/mol. The van der Waals surface area contributed by atoms with E-state index in [-0.39, 0.29) is 0 Å². The third-order valence-electron chi connectivity index (χ3n) is 7.80. The van der Waals surface area contributed by atoms with E-state index in [4.69, 9.17) is 5.10 Å². The first-order valence-electron chi connectivity index (χ1n) is 14.8. The number of pyridine rings is 2. The summed E-state index contributed by atoms with van der Waals surface area (Å²) in [5, 5.41) is 13.6. The number of aromatic nitrogens is 5. The molecule has 1 fully saturated rings. The van der Waals surface area contributed by atoms with Crippen LogP contribution in [-0.4, -0.2) is 63.3 Å². The van der Waals surface area contributed by atoms with Crippen LogP contribution in [0.4, 0.5) is 5.69 Å². The molecule has 5 heterocycles. The lowest BCUT2D eigenvalue weighted by Crippen LogP contribution is -2.44. The van der Waals surface area contributed by atoms with Crippen LogP contribution in [-0.2, 0) is 13.1 Å². The Labute approximate surface area is 246 Å². The van der Waals surface area contributed by atoms with Gasteiger partial charge in [-0.3, -0.25) is 10.1 Å². The third-order valence-corrected chi connectivity index (χ3v) is 7.80. The van der Waals surface area contributed by atoms with Gasteiger partial charge in [0.1, 0.15) is 11.3 Å². The molecule has 6 aromatic rings. The SMILES string of the molecule is CC.CN1CCN(c2ccnc3[nH]c(-c4n[nH]c5ccc(-c6cncc(CNCc7ccccc7)c6)cc45)cc23)CC1. The molecule has 8 heteroatoms. The van der Waals surface area contributed by atoms with E-state index in [9.17, 15) is 0 Å². The summed E-state index contributed by atoms with van der Waals surface area (Å²) in [5.41, 5.74) is 9.59. The van der Waals surface area contributed by atoms with Crippen molar-refractivity contribution in [2.75, 3.05) is 38.1 Å². The number of hydrogen-bond donors (Lipinski definition) is 3. The Bertz CT molecular complexity index is 1760. The number of nitrogens with one attached hydrogen (secondary N) is 3. The lowest BCUT2D eigenvalue weighted by Gasteiger charge is -2.34. The molecule has 3 N–H and O–H groups in total. The Kier molecular flexibility index (Phi) is 8.26. The average Bonchev–Trinajstić information content (AvgIpc) is 3.67. The number of H-pyrrole nitrogens is 2. The van der Waals surface area contributed by atoms with Crippen molar-refractivity contribution >= 4 is 27.6 Å². The molecule has 0 aliphatic carbocycles. The first-order chi connectivity index (χ1) is 20.7. The highest BCUT2D eigenvalue weighted by molar-refractivity contribution is 5.99. The van der Waals surface area contributed by atoms with E-state index in [1.807, 2.05) is 38.5 Å². The molecule has 0 atom stereocenters. The van der Waals surface area contributed by atoms with Crippen molar-refractivity contribution in [1.29, 1.82) is 0 Å². The average molecular weight is 559 g/mol. The Hall–Kier alpha value is -4.53. The van der Waals surface area contributed by atoms with Crippen molar-refractivity contribution in [2.45, 2.75) is 26.9 Å². The molecule has 8 nitrogen and oxygen atoms in total. The second kappa shape index (κ2) is 12.5. The molecule has 0 saturated carbocycles. The largest absolute Gasteiger partial charge is 0.368 e. The summed E-state index contributed by atoms with van der Waals surface area (Å²) >= 11 is 0. The second-order valence-electron chi connectivity index (χ2n) is 10.6. The molecule has 0 unspecified atom stereocenters. The maximum Gasteiger partial charge on any atom is 0.139 e. The van der Waals surface area contributed by atoms with Gasteiger partial charge in [-0.1, -0.05) is 50.2 Å². The van der Waals surface area contributed by atoms with E-state index in [2.05, 4.69) is 103 Å². The molecule has 7 rings (SSSR count). The van der Waals surface area contributed by atoms with Gasteiger partial charge in [0.25, 0.3) is 0 Å². The van der Waals surface area contributed by atoms with Gasteiger partial charge in [-0.05, 0) is 54.1 Å². The number of hydrogen-bond acceptors (Lipinski definition) is 6. The fourth-order valence-electron chi connectivity index (χ4n) is 5.55. The number of nitrogens with zero attached hydrogens (tertiary/aromatic N) is 5. The van der Waals surface area contributed by atoms with Gasteiger partial charge in [-0.25, -0.2) is 4.98 Å². The van der Waals surface area contributed by atoms with Crippen LogP contribution >= 0.6 is 0 Å². The zero-order valence-electron chi connectivity index (χ0n) is 24.6. The monoisotopic (exact) mass is 558 g/mol. The van der Waals surface area contributed by atoms with Crippen LogP contribution in [0.2, 0.25) is 0 Å². The van der Waals surface area contributed by atoms with E-state index in [0.29, 0.717) is 0 Å². The minimum Gasteiger partial charge on any atom is -0.368 e. The summed E-state index contributed by atoms with van der Waals surface area (Å²) in [6, 6.07) is 23.4. The molecule has 2 aromatic carbocycles. The molecule has 1 aliphatic rings. The van der Waals surface area contributed by atoms with Crippen LogP contribution in [0.5, 0.6) is 0 Å². The van der Waals surface area contributed by atoms with Gasteiger partial charge in [0.05, 0.1) is 11.2 Å². The lowest BCUT2D eigenvalue weighted by molar-refractivity contribution is 0.313. The highest BCUT2D eigenvalue weighted by Crippen LogP contribution is 2.34. The number of benzene rings is 2. The van der Waals surface area contributed by atoms with Gasteiger partial charge < -0.3 is 20.1 Å². The fraction of sp³-hybridized carbons (Fsp3) is 0.265. The predicted octanol–water partition coefficient (Wildman–Crippen LogP) is 6.24. The molecule has 0 radical (unpaired) electrons. The smallest absolute Gasteiger partial charge is 0.139 e. The fourth-order valence-corrected chi connectivity index (χ4v) is 5.55. The van der Waals surface area contributed by atoms with Crippen LogP contribution in [0.3, 0.4) is 0 Å². The normalized spacial score (nSPS) is 13.8. The molecule has 0 spiro atoms. The topological polar surface area (TPSA) is 88.8 Å². The second-order valence-corrected chi connectivity index (χ2v) is 10.6. The molecule has 1 aliphatic heterocycles. The number of aromatic amines is 2. The molecule has 4 aromatic heterocycles. The van der Waals surface area contributed by atoms with Crippen LogP contribution in [0, 0.1) is 0 Å². The van der Waals surface area contributed by atoms with Crippen molar-refractivity contribution in [3.05, 3.63) is 96.4 Å². The summed E-state index contributed by atoms with van der Waals surface area (Å²) in [5.74, 6) is 0. The Morgan fingerprint density at radius 1 is 0.810 bits per heavy atom. The van der Waals surface area contributed by atoms with E-state index in [1.165, 1.54) is 11.3 Å².